The van der Waals surface area contributed by atoms with Crippen LogP contribution in [0.15, 0.2) is 18.2 Å². The molecule has 8 heteroatoms. The smallest absolute Gasteiger partial charge is 0.262 e. The molecule has 3 rings (SSSR count). The van der Waals surface area contributed by atoms with Crippen LogP contribution in [-0.4, -0.2) is 18.4 Å². The van der Waals surface area contributed by atoms with Crippen molar-refractivity contribution in [2.75, 3.05) is 11.9 Å². The first kappa shape index (κ1) is 21.9. The minimum absolute atomic E-state index is 0.184. The van der Waals surface area contributed by atoms with Crippen molar-refractivity contribution in [3.63, 3.8) is 0 Å². The number of thiophene rings is 1. The summed E-state index contributed by atoms with van der Waals surface area (Å²) in [6.45, 7) is 6.44. The molecule has 156 valence electrons. The maximum Gasteiger partial charge on any atom is 0.262 e. The van der Waals surface area contributed by atoms with Crippen molar-refractivity contribution in [3.05, 3.63) is 44.2 Å². The molecule has 0 bridgehead atoms. The number of hydrogen-bond donors (Lipinski definition) is 2. The summed E-state index contributed by atoms with van der Waals surface area (Å²) in [5.41, 5.74) is 7.22. The number of nitrogens with one attached hydrogen (secondary N) is 1. The average molecular weight is 455 g/mol. The molecule has 0 fully saturated rings. The highest BCUT2D eigenvalue weighted by molar-refractivity contribution is 7.17. The van der Waals surface area contributed by atoms with Gasteiger partial charge in [0.05, 0.1) is 10.6 Å². The average Bonchev–Trinajstić information content (AvgIpc) is 2.97. The van der Waals surface area contributed by atoms with Crippen molar-refractivity contribution >= 4 is 51.4 Å². The van der Waals surface area contributed by atoms with Gasteiger partial charge in [-0.25, -0.2) is 0 Å². The largest absolute Gasteiger partial charge is 0.482 e. The Bertz CT molecular complexity index is 950. The van der Waals surface area contributed by atoms with Crippen LogP contribution in [0.3, 0.4) is 0 Å². The predicted molar refractivity (Wildman–Crippen MR) is 118 cm³/mol. The Kier molecular flexibility index (Phi) is 6.46. The molecule has 2 aromatic rings. The van der Waals surface area contributed by atoms with Gasteiger partial charge in [-0.2, -0.15) is 0 Å². The second-order valence-corrected chi connectivity index (χ2v) is 10.2. The quantitative estimate of drug-likeness (QED) is 0.640. The standard InChI is InChI=1S/C21H24Cl2N2O3S/c1-21(2,3)11-4-6-13-16(8-11)29-20(18(13)19(24)27)25-17(26)10-28-15-7-5-12(22)9-14(15)23/h5,7,9,11H,4,6,8,10H2,1-3H3,(H2,24,27)(H,25,26). The molecule has 0 saturated heterocycles. The molecule has 1 atom stereocenters. The number of anilines is 1. The van der Waals surface area contributed by atoms with E-state index in [4.69, 9.17) is 33.7 Å². The molecule has 1 heterocycles. The topological polar surface area (TPSA) is 81.4 Å². The molecule has 1 unspecified atom stereocenters. The van der Waals surface area contributed by atoms with Crippen molar-refractivity contribution in [3.8, 4) is 5.75 Å². The zero-order chi connectivity index (χ0) is 21.3. The third-order valence-corrected chi connectivity index (χ3v) is 6.94. The first-order valence-electron chi connectivity index (χ1n) is 9.38. The highest BCUT2D eigenvalue weighted by Crippen LogP contribution is 2.44. The fourth-order valence-electron chi connectivity index (χ4n) is 3.57. The van der Waals surface area contributed by atoms with Gasteiger partial charge in [0.15, 0.2) is 6.61 Å². The molecule has 0 aliphatic heterocycles. The summed E-state index contributed by atoms with van der Waals surface area (Å²) in [5, 5.41) is 4.09. The van der Waals surface area contributed by atoms with Gasteiger partial charge in [-0.05, 0) is 54.4 Å². The van der Waals surface area contributed by atoms with E-state index in [1.54, 1.807) is 18.2 Å². The number of ether oxygens (including phenoxy) is 1. The fourth-order valence-corrected chi connectivity index (χ4v) is 5.38. The van der Waals surface area contributed by atoms with Crippen LogP contribution in [0, 0.1) is 11.3 Å². The monoisotopic (exact) mass is 454 g/mol. The Morgan fingerprint density at radius 1 is 1.31 bits per heavy atom. The van der Waals surface area contributed by atoms with Crippen LogP contribution in [0.25, 0.3) is 0 Å². The zero-order valence-electron chi connectivity index (χ0n) is 16.6. The molecule has 1 aromatic carbocycles. The SMILES string of the molecule is CC(C)(C)C1CCc2c(sc(NC(=O)COc3ccc(Cl)cc3Cl)c2C(N)=O)C1. The second-order valence-electron chi connectivity index (χ2n) is 8.29. The number of carbonyl (C=O) groups excluding carboxylic acids is 2. The highest BCUT2D eigenvalue weighted by Gasteiger charge is 2.33. The lowest BCUT2D eigenvalue weighted by Crippen LogP contribution is -2.27. The zero-order valence-corrected chi connectivity index (χ0v) is 18.9. The van der Waals surface area contributed by atoms with Crippen LogP contribution in [-0.2, 0) is 17.6 Å². The Hall–Kier alpha value is -1.76. The number of fused-ring (bicyclic) bond motifs is 1. The second kappa shape index (κ2) is 8.54. The number of primary amides is 1. The summed E-state index contributed by atoms with van der Waals surface area (Å²) in [7, 11) is 0. The predicted octanol–water partition coefficient (Wildman–Crippen LogP) is 5.32. The number of carbonyl (C=O) groups is 2. The third kappa shape index (κ3) is 5.05. The molecule has 1 aliphatic rings. The van der Waals surface area contributed by atoms with Crippen LogP contribution in [0.5, 0.6) is 5.75 Å². The first-order valence-corrected chi connectivity index (χ1v) is 11.0. The van der Waals surface area contributed by atoms with E-state index >= 15 is 0 Å². The molecule has 1 aliphatic carbocycles. The van der Waals surface area contributed by atoms with E-state index in [-0.39, 0.29) is 17.9 Å². The van der Waals surface area contributed by atoms with Crippen LogP contribution < -0.4 is 15.8 Å². The van der Waals surface area contributed by atoms with Crippen molar-refractivity contribution in [1.82, 2.24) is 0 Å². The van der Waals surface area contributed by atoms with Crippen molar-refractivity contribution in [2.24, 2.45) is 17.1 Å². The molecule has 29 heavy (non-hydrogen) atoms. The van der Waals surface area contributed by atoms with Crippen molar-refractivity contribution in [2.45, 2.75) is 40.0 Å². The summed E-state index contributed by atoms with van der Waals surface area (Å²) in [6.07, 6.45) is 2.68. The Morgan fingerprint density at radius 2 is 2.03 bits per heavy atom. The maximum absolute atomic E-state index is 12.4. The van der Waals surface area contributed by atoms with E-state index in [0.717, 1.165) is 29.7 Å². The van der Waals surface area contributed by atoms with Gasteiger partial charge in [0.1, 0.15) is 10.8 Å². The summed E-state index contributed by atoms with van der Waals surface area (Å²) in [5.74, 6) is -0.0219. The molecule has 1 aromatic heterocycles. The van der Waals surface area contributed by atoms with E-state index in [2.05, 4.69) is 26.1 Å². The summed E-state index contributed by atoms with van der Waals surface area (Å²) in [6, 6.07) is 4.77. The van der Waals surface area contributed by atoms with E-state index in [0.29, 0.717) is 32.3 Å². The van der Waals surface area contributed by atoms with Crippen molar-refractivity contribution < 1.29 is 14.3 Å². The number of rotatable bonds is 5. The van der Waals surface area contributed by atoms with Gasteiger partial charge in [0.25, 0.3) is 11.8 Å². The number of halogens is 2. The van der Waals surface area contributed by atoms with Gasteiger partial charge in [-0.3, -0.25) is 9.59 Å². The summed E-state index contributed by atoms with van der Waals surface area (Å²) < 4.78 is 5.48. The van der Waals surface area contributed by atoms with Crippen LogP contribution >= 0.6 is 34.5 Å². The van der Waals surface area contributed by atoms with E-state index in [1.165, 1.54) is 11.3 Å². The molecule has 5 nitrogen and oxygen atoms in total. The normalized spacial score (nSPS) is 16.2. The molecule has 0 spiro atoms. The lowest BCUT2D eigenvalue weighted by Gasteiger charge is -2.33. The van der Waals surface area contributed by atoms with Gasteiger partial charge in [-0.1, -0.05) is 44.0 Å². The minimum atomic E-state index is -0.520. The van der Waals surface area contributed by atoms with Crippen LogP contribution in [0.4, 0.5) is 5.00 Å². The maximum atomic E-state index is 12.4. The van der Waals surface area contributed by atoms with Gasteiger partial charge in [0.2, 0.25) is 0 Å². The molecular formula is C21H24Cl2N2O3S. The number of nitrogens with two attached hydrogens (primary N) is 1. The lowest BCUT2D eigenvalue weighted by molar-refractivity contribution is -0.118. The lowest BCUT2D eigenvalue weighted by atomic mass is 9.72. The Labute approximate surface area is 184 Å². The Balaban J connectivity index is 1.74. The first-order chi connectivity index (χ1) is 13.6. The molecule has 0 saturated carbocycles. The fraction of sp³-hybridized carbons (Fsp3) is 0.429. The van der Waals surface area contributed by atoms with Gasteiger partial charge in [0, 0.05) is 9.90 Å². The molecule has 0 radical (unpaired) electrons. The molecule has 3 N–H and O–H groups in total. The molecule has 2 amide bonds. The van der Waals surface area contributed by atoms with Gasteiger partial charge in [-0.15, -0.1) is 11.3 Å². The number of hydrogen-bond acceptors (Lipinski definition) is 4. The van der Waals surface area contributed by atoms with Gasteiger partial charge >= 0.3 is 0 Å². The third-order valence-electron chi connectivity index (χ3n) is 5.24. The number of benzene rings is 1. The van der Waals surface area contributed by atoms with Crippen molar-refractivity contribution in [1.29, 1.82) is 0 Å². The highest BCUT2D eigenvalue weighted by atomic mass is 35.5. The van der Waals surface area contributed by atoms with Gasteiger partial charge < -0.3 is 15.8 Å². The minimum Gasteiger partial charge on any atom is -0.482 e. The summed E-state index contributed by atoms with van der Waals surface area (Å²) in [4.78, 5) is 25.6. The van der Waals surface area contributed by atoms with E-state index < -0.39 is 5.91 Å². The van der Waals surface area contributed by atoms with Crippen LogP contribution in [0.2, 0.25) is 10.0 Å². The van der Waals surface area contributed by atoms with Crippen LogP contribution in [0.1, 0.15) is 48.0 Å². The van der Waals surface area contributed by atoms with E-state index in [9.17, 15) is 9.59 Å². The molecular weight excluding hydrogens is 431 g/mol. The van der Waals surface area contributed by atoms with E-state index in [1.807, 2.05) is 0 Å². The summed E-state index contributed by atoms with van der Waals surface area (Å²) >= 11 is 13.4. The Morgan fingerprint density at radius 3 is 2.66 bits per heavy atom. The number of amides is 2.